The number of ether oxygens (including phenoxy) is 1. The third kappa shape index (κ3) is 3.38. The number of nitrogen functional groups attached to an aromatic ring is 1. The van der Waals surface area contributed by atoms with Gasteiger partial charge in [-0.05, 0) is 24.3 Å². The first-order valence-corrected chi connectivity index (χ1v) is 5.75. The van der Waals surface area contributed by atoms with E-state index in [0.29, 0.717) is 22.8 Å². The van der Waals surface area contributed by atoms with Crippen LogP contribution in [0.1, 0.15) is 0 Å². The standard InChI is InChI=1S/C14H15N3O2/c1-19-11-7-8-12(15)13(9-11)17-14(18)16-10-5-3-2-4-6-10/h2-9H,15H2,1H3,(H2,16,17,18). The van der Waals surface area contributed by atoms with E-state index < -0.39 is 0 Å². The molecule has 2 aromatic rings. The van der Waals surface area contributed by atoms with Gasteiger partial charge in [0.15, 0.2) is 0 Å². The molecular formula is C14H15N3O2. The predicted octanol–water partition coefficient (Wildman–Crippen LogP) is 2.92. The molecule has 0 heterocycles. The minimum Gasteiger partial charge on any atom is -0.497 e. The molecule has 0 fully saturated rings. The van der Waals surface area contributed by atoms with Gasteiger partial charge < -0.3 is 21.1 Å². The highest BCUT2D eigenvalue weighted by atomic mass is 16.5. The largest absolute Gasteiger partial charge is 0.497 e. The van der Waals surface area contributed by atoms with Crippen molar-refractivity contribution in [3.05, 3.63) is 48.5 Å². The Bertz CT molecular complexity index is 570. The molecule has 0 aliphatic heterocycles. The van der Waals surface area contributed by atoms with Crippen molar-refractivity contribution in [1.29, 1.82) is 0 Å². The van der Waals surface area contributed by atoms with E-state index in [9.17, 15) is 4.79 Å². The smallest absolute Gasteiger partial charge is 0.323 e. The minimum absolute atomic E-state index is 0.355. The molecule has 0 aliphatic carbocycles. The van der Waals surface area contributed by atoms with Crippen LogP contribution in [-0.2, 0) is 0 Å². The fraction of sp³-hybridized carbons (Fsp3) is 0.0714. The van der Waals surface area contributed by atoms with Crippen molar-refractivity contribution in [2.24, 2.45) is 0 Å². The zero-order valence-corrected chi connectivity index (χ0v) is 10.5. The Morgan fingerprint density at radius 2 is 1.84 bits per heavy atom. The SMILES string of the molecule is COc1ccc(N)c(NC(=O)Nc2ccccc2)c1. The Labute approximate surface area is 111 Å². The van der Waals surface area contributed by atoms with Crippen LogP contribution < -0.4 is 21.1 Å². The zero-order chi connectivity index (χ0) is 13.7. The molecule has 0 bridgehead atoms. The molecule has 5 heteroatoms. The first kappa shape index (κ1) is 12.8. The molecule has 2 aromatic carbocycles. The molecule has 5 nitrogen and oxygen atoms in total. The first-order chi connectivity index (χ1) is 9.19. The van der Waals surface area contributed by atoms with Gasteiger partial charge in [0.2, 0.25) is 0 Å². The van der Waals surface area contributed by atoms with Crippen molar-refractivity contribution in [3.8, 4) is 5.75 Å². The average molecular weight is 257 g/mol. The molecule has 0 spiro atoms. The van der Waals surface area contributed by atoms with Crippen LogP contribution in [-0.4, -0.2) is 13.1 Å². The quantitative estimate of drug-likeness (QED) is 0.740. The molecule has 0 saturated carbocycles. The third-order valence-corrected chi connectivity index (χ3v) is 2.54. The van der Waals surface area contributed by atoms with Crippen LogP contribution in [0.15, 0.2) is 48.5 Å². The van der Waals surface area contributed by atoms with Gasteiger partial charge in [0.25, 0.3) is 0 Å². The van der Waals surface area contributed by atoms with Crippen molar-refractivity contribution >= 4 is 23.1 Å². The maximum atomic E-state index is 11.8. The summed E-state index contributed by atoms with van der Waals surface area (Å²) >= 11 is 0. The van der Waals surface area contributed by atoms with E-state index in [4.69, 9.17) is 10.5 Å². The van der Waals surface area contributed by atoms with Gasteiger partial charge >= 0.3 is 6.03 Å². The number of urea groups is 1. The summed E-state index contributed by atoms with van der Waals surface area (Å²) in [6.07, 6.45) is 0. The molecular weight excluding hydrogens is 242 g/mol. The van der Waals surface area contributed by atoms with Crippen LogP contribution in [0, 0.1) is 0 Å². The molecule has 2 rings (SSSR count). The summed E-state index contributed by atoms with van der Waals surface area (Å²) in [6.45, 7) is 0. The van der Waals surface area contributed by atoms with E-state index in [2.05, 4.69) is 10.6 Å². The van der Waals surface area contributed by atoms with Gasteiger partial charge in [0.1, 0.15) is 5.75 Å². The summed E-state index contributed by atoms with van der Waals surface area (Å²) in [5, 5.41) is 5.39. The molecule has 0 saturated heterocycles. The predicted molar refractivity (Wildman–Crippen MR) is 76.5 cm³/mol. The third-order valence-electron chi connectivity index (χ3n) is 2.54. The van der Waals surface area contributed by atoms with Gasteiger partial charge in [-0.1, -0.05) is 18.2 Å². The fourth-order valence-electron chi connectivity index (χ4n) is 1.58. The molecule has 0 aliphatic rings. The van der Waals surface area contributed by atoms with E-state index >= 15 is 0 Å². The summed E-state index contributed by atoms with van der Waals surface area (Å²) in [5.74, 6) is 0.629. The first-order valence-electron chi connectivity index (χ1n) is 5.75. The molecule has 4 N–H and O–H groups in total. The monoisotopic (exact) mass is 257 g/mol. The van der Waals surface area contributed by atoms with E-state index in [-0.39, 0.29) is 6.03 Å². The number of rotatable bonds is 3. The molecule has 0 atom stereocenters. The van der Waals surface area contributed by atoms with E-state index in [1.54, 1.807) is 37.4 Å². The van der Waals surface area contributed by atoms with Gasteiger partial charge in [-0.2, -0.15) is 0 Å². The highest BCUT2D eigenvalue weighted by Crippen LogP contribution is 2.24. The molecule has 0 unspecified atom stereocenters. The maximum Gasteiger partial charge on any atom is 0.323 e. The van der Waals surface area contributed by atoms with Crippen LogP contribution in [0.4, 0.5) is 21.9 Å². The van der Waals surface area contributed by atoms with Crippen molar-refractivity contribution in [2.45, 2.75) is 0 Å². The van der Waals surface area contributed by atoms with Crippen LogP contribution in [0.2, 0.25) is 0 Å². The van der Waals surface area contributed by atoms with Crippen LogP contribution in [0.5, 0.6) is 5.75 Å². The molecule has 0 radical (unpaired) electrons. The number of nitrogens with one attached hydrogen (secondary N) is 2. The van der Waals surface area contributed by atoms with Crippen molar-refractivity contribution in [1.82, 2.24) is 0 Å². The average Bonchev–Trinajstić information content (AvgIpc) is 2.42. The Balaban J connectivity index is 2.06. The lowest BCUT2D eigenvalue weighted by molar-refractivity contribution is 0.262. The number of anilines is 3. The Kier molecular flexibility index (Phi) is 3.87. The second-order valence-electron chi connectivity index (χ2n) is 3.90. The topological polar surface area (TPSA) is 76.4 Å². The number of nitrogens with two attached hydrogens (primary N) is 1. The lowest BCUT2D eigenvalue weighted by Crippen LogP contribution is -2.20. The minimum atomic E-state index is -0.355. The number of para-hydroxylation sites is 1. The number of carbonyl (C=O) groups excluding carboxylic acids is 1. The second-order valence-corrected chi connectivity index (χ2v) is 3.90. The number of methoxy groups -OCH3 is 1. The van der Waals surface area contributed by atoms with Crippen molar-refractivity contribution in [2.75, 3.05) is 23.5 Å². The highest BCUT2D eigenvalue weighted by Gasteiger charge is 2.06. The van der Waals surface area contributed by atoms with E-state index in [1.807, 2.05) is 18.2 Å². The van der Waals surface area contributed by atoms with E-state index in [1.165, 1.54) is 0 Å². The Hall–Kier alpha value is -2.69. The van der Waals surface area contributed by atoms with Crippen molar-refractivity contribution in [3.63, 3.8) is 0 Å². The number of carbonyl (C=O) groups is 1. The molecule has 19 heavy (non-hydrogen) atoms. The molecule has 98 valence electrons. The number of hydrogen-bond donors (Lipinski definition) is 3. The second kappa shape index (κ2) is 5.77. The zero-order valence-electron chi connectivity index (χ0n) is 10.5. The normalized spacial score (nSPS) is 9.74. The Morgan fingerprint density at radius 3 is 2.53 bits per heavy atom. The summed E-state index contributed by atoms with van der Waals surface area (Å²) < 4.78 is 5.08. The highest BCUT2D eigenvalue weighted by molar-refractivity contribution is 6.01. The van der Waals surface area contributed by atoms with Crippen LogP contribution >= 0.6 is 0 Å². The van der Waals surface area contributed by atoms with E-state index in [0.717, 1.165) is 0 Å². The summed E-state index contributed by atoms with van der Waals surface area (Å²) in [4.78, 5) is 11.8. The summed E-state index contributed by atoms with van der Waals surface area (Å²) in [7, 11) is 1.55. The van der Waals surface area contributed by atoms with Gasteiger partial charge in [0.05, 0.1) is 18.5 Å². The summed E-state index contributed by atoms with van der Waals surface area (Å²) in [6, 6.07) is 13.9. The van der Waals surface area contributed by atoms with Gasteiger partial charge in [-0.15, -0.1) is 0 Å². The number of amides is 2. The van der Waals surface area contributed by atoms with Gasteiger partial charge in [0, 0.05) is 11.8 Å². The summed E-state index contributed by atoms with van der Waals surface area (Å²) in [5.41, 5.74) is 7.48. The van der Waals surface area contributed by atoms with Crippen LogP contribution in [0.3, 0.4) is 0 Å². The number of benzene rings is 2. The fourth-order valence-corrected chi connectivity index (χ4v) is 1.58. The molecule has 2 amide bonds. The lowest BCUT2D eigenvalue weighted by atomic mass is 10.2. The lowest BCUT2D eigenvalue weighted by Gasteiger charge is -2.11. The van der Waals surface area contributed by atoms with Gasteiger partial charge in [-0.3, -0.25) is 0 Å². The molecule has 0 aromatic heterocycles. The van der Waals surface area contributed by atoms with Crippen molar-refractivity contribution < 1.29 is 9.53 Å². The number of hydrogen-bond acceptors (Lipinski definition) is 3. The maximum absolute atomic E-state index is 11.8. The van der Waals surface area contributed by atoms with Gasteiger partial charge in [-0.25, -0.2) is 4.79 Å². The Morgan fingerprint density at radius 1 is 1.11 bits per heavy atom. The van der Waals surface area contributed by atoms with Crippen LogP contribution in [0.25, 0.3) is 0 Å².